The fourth-order valence-corrected chi connectivity index (χ4v) is 3.34. The van der Waals surface area contributed by atoms with Crippen molar-refractivity contribution in [3.8, 4) is 5.75 Å². The molecule has 6 nitrogen and oxygen atoms in total. The zero-order valence-corrected chi connectivity index (χ0v) is 17.1. The van der Waals surface area contributed by atoms with E-state index < -0.39 is 0 Å². The van der Waals surface area contributed by atoms with Crippen molar-refractivity contribution < 1.29 is 14.3 Å². The third kappa shape index (κ3) is 5.82. The monoisotopic (exact) mass is 413 g/mol. The van der Waals surface area contributed by atoms with E-state index in [0.717, 1.165) is 11.3 Å². The second kappa shape index (κ2) is 10.1. The summed E-state index contributed by atoms with van der Waals surface area (Å²) in [5.74, 6) is 0.566. The Morgan fingerprint density at radius 3 is 2.48 bits per heavy atom. The number of para-hydroxylation sites is 2. The number of halogens is 1. The summed E-state index contributed by atoms with van der Waals surface area (Å²) in [6.07, 6.45) is 3.34. The molecule has 1 saturated heterocycles. The van der Waals surface area contributed by atoms with Crippen molar-refractivity contribution in [3.05, 3.63) is 65.2 Å². The van der Waals surface area contributed by atoms with Crippen LogP contribution in [0.15, 0.2) is 54.6 Å². The zero-order chi connectivity index (χ0) is 20.6. The lowest BCUT2D eigenvalue weighted by Crippen LogP contribution is -2.50. The van der Waals surface area contributed by atoms with Gasteiger partial charge in [0.1, 0.15) is 5.75 Å². The van der Waals surface area contributed by atoms with Crippen molar-refractivity contribution in [1.82, 2.24) is 9.80 Å². The van der Waals surface area contributed by atoms with Crippen LogP contribution in [-0.2, 0) is 9.59 Å². The number of carbonyl (C=O) groups excluding carboxylic acids is 2. The Kier molecular flexibility index (Phi) is 7.27. The molecular formula is C22H24ClN3O3. The molecule has 3 rings (SSSR count). The van der Waals surface area contributed by atoms with E-state index in [0.29, 0.717) is 36.9 Å². The van der Waals surface area contributed by atoms with E-state index in [-0.39, 0.29) is 18.4 Å². The van der Waals surface area contributed by atoms with Crippen LogP contribution in [0.4, 0.5) is 5.69 Å². The molecule has 1 N–H and O–H groups in total. The minimum absolute atomic E-state index is 0.0453. The molecule has 0 unspecified atom stereocenters. The molecule has 2 aromatic carbocycles. The molecule has 2 amide bonds. The third-order valence-electron chi connectivity index (χ3n) is 4.74. The van der Waals surface area contributed by atoms with E-state index >= 15 is 0 Å². The largest absolute Gasteiger partial charge is 0.496 e. The molecule has 7 heteroatoms. The lowest BCUT2D eigenvalue weighted by Gasteiger charge is -2.33. The van der Waals surface area contributed by atoms with Gasteiger partial charge in [-0.05, 0) is 24.3 Å². The Bertz CT molecular complexity index is 892. The average molecular weight is 414 g/mol. The second-order valence-corrected chi connectivity index (χ2v) is 7.11. The van der Waals surface area contributed by atoms with E-state index in [1.54, 1.807) is 36.3 Å². The van der Waals surface area contributed by atoms with E-state index in [9.17, 15) is 9.59 Å². The molecule has 1 aliphatic heterocycles. The number of nitrogens with zero attached hydrogens (tertiary/aromatic N) is 2. The first-order chi connectivity index (χ1) is 14.1. The van der Waals surface area contributed by atoms with Crippen molar-refractivity contribution >= 4 is 35.2 Å². The summed E-state index contributed by atoms with van der Waals surface area (Å²) in [5, 5.41) is 3.34. The number of piperazine rings is 1. The highest BCUT2D eigenvalue weighted by atomic mass is 35.5. The van der Waals surface area contributed by atoms with Crippen molar-refractivity contribution in [2.75, 3.05) is 45.2 Å². The van der Waals surface area contributed by atoms with Gasteiger partial charge in [-0.1, -0.05) is 41.9 Å². The van der Waals surface area contributed by atoms with Gasteiger partial charge < -0.3 is 15.0 Å². The van der Waals surface area contributed by atoms with Crippen LogP contribution < -0.4 is 10.1 Å². The molecule has 1 aliphatic rings. The summed E-state index contributed by atoms with van der Waals surface area (Å²) in [7, 11) is 1.61. The Hall–Kier alpha value is -2.83. The summed E-state index contributed by atoms with van der Waals surface area (Å²) in [6, 6.07) is 14.7. The summed E-state index contributed by atoms with van der Waals surface area (Å²) in [4.78, 5) is 28.5. The van der Waals surface area contributed by atoms with Crippen molar-refractivity contribution in [1.29, 1.82) is 0 Å². The predicted molar refractivity (Wildman–Crippen MR) is 115 cm³/mol. The lowest BCUT2D eigenvalue weighted by molar-refractivity contribution is -0.127. The molecule has 29 heavy (non-hydrogen) atoms. The summed E-state index contributed by atoms with van der Waals surface area (Å²) < 4.78 is 5.30. The Morgan fingerprint density at radius 2 is 1.76 bits per heavy atom. The molecular weight excluding hydrogens is 390 g/mol. The van der Waals surface area contributed by atoms with Gasteiger partial charge in [-0.2, -0.15) is 0 Å². The quantitative estimate of drug-likeness (QED) is 0.739. The maximum absolute atomic E-state index is 12.5. The highest BCUT2D eigenvalue weighted by Gasteiger charge is 2.21. The molecule has 1 fully saturated rings. The van der Waals surface area contributed by atoms with Crippen LogP contribution in [0.3, 0.4) is 0 Å². The fourth-order valence-electron chi connectivity index (χ4n) is 3.15. The van der Waals surface area contributed by atoms with E-state index in [4.69, 9.17) is 16.3 Å². The SMILES string of the molecule is COc1ccccc1/C=C/C(=O)N1CCN(CC(=O)Nc2ccccc2Cl)CC1. The second-order valence-electron chi connectivity index (χ2n) is 6.70. The van der Waals surface area contributed by atoms with Gasteiger partial charge >= 0.3 is 0 Å². The van der Waals surface area contributed by atoms with Gasteiger partial charge in [0.05, 0.1) is 24.4 Å². The van der Waals surface area contributed by atoms with Gasteiger partial charge in [0.15, 0.2) is 0 Å². The molecule has 0 radical (unpaired) electrons. The van der Waals surface area contributed by atoms with Crippen LogP contribution in [0, 0.1) is 0 Å². The van der Waals surface area contributed by atoms with Crippen molar-refractivity contribution in [2.45, 2.75) is 0 Å². The molecule has 0 spiro atoms. The highest BCUT2D eigenvalue weighted by Crippen LogP contribution is 2.20. The van der Waals surface area contributed by atoms with E-state index in [1.807, 2.05) is 41.3 Å². The first kappa shape index (κ1) is 20.9. The van der Waals surface area contributed by atoms with Gasteiger partial charge in [0, 0.05) is 37.8 Å². The van der Waals surface area contributed by atoms with Crippen LogP contribution >= 0.6 is 11.6 Å². The van der Waals surface area contributed by atoms with Crippen LogP contribution in [0.5, 0.6) is 5.75 Å². The summed E-state index contributed by atoms with van der Waals surface area (Å²) >= 11 is 6.07. The van der Waals surface area contributed by atoms with Gasteiger partial charge in [-0.15, -0.1) is 0 Å². The number of anilines is 1. The minimum Gasteiger partial charge on any atom is -0.496 e. The average Bonchev–Trinajstić information content (AvgIpc) is 2.74. The van der Waals surface area contributed by atoms with Crippen LogP contribution in [-0.4, -0.2) is 61.4 Å². The molecule has 0 bridgehead atoms. The summed E-state index contributed by atoms with van der Waals surface area (Å²) in [6.45, 7) is 2.71. The standard InChI is InChI=1S/C22H24ClN3O3/c1-29-20-9-5-2-6-17(20)10-11-22(28)26-14-12-25(13-15-26)16-21(27)24-19-8-4-3-7-18(19)23/h2-11H,12-16H2,1H3,(H,24,27)/b11-10+. The molecule has 1 heterocycles. The Morgan fingerprint density at radius 1 is 1.07 bits per heavy atom. The fraction of sp³-hybridized carbons (Fsp3) is 0.273. The minimum atomic E-state index is -0.117. The Labute approximate surface area is 175 Å². The lowest BCUT2D eigenvalue weighted by atomic mass is 10.2. The molecule has 2 aromatic rings. The van der Waals surface area contributed by atoms with Crippen molar-refractivity contribution in [3.63, 3.8) is 0 Å². The predicted octanol–water partition coefficient (Wildman–Crippen LogP) is 3.14. The van der Waals surface area contributed by atoms with Crippen LogP contribution in [0.2, 0.25) is 5.02 Å². The topological polar surface area (TPSA) is 61.9 Å². The summed E-state index contributed by atoms with van der Waals surface area (Å²) in [5.41, 5.74) is 1.47. The maximum Gasteiger partial charge on any atom is 0.246 e. The number of ether oxygens (including phenoxy) is 1. The molecule has 152 valence electrons. The number of methoxy groups -OCH3 is 1. The zero-order valence-electron chi connectivity index (χ0n) is 16.3. The Balaban J connectivity index is 1.47. The normalized spacial score (nSPS) is 14.8. The van der Waals surface area contributed by atoms with Gasteiger partial charge in [-0.3, -0.25) is 14.5 Å². The number of amides is 2. The van der Waals surface area contributed by atoms with Gasteiger partial charge in [0.2, 0.25) is 11.8 Å². The molecule has 0 atom stereocenters. The first-order valence-electron chi connectivity index (χ1n) is 9.43. The van der Waals surface area contributed by atoms with Crippen LogP contribution in [0.1, 0.15) is 5.56 Å². The maximum atomic E-state index is 12.5. The number of nitrogens with one attached hydrogen (secondary N) is 1. The molecule has 0 aromatic heterocycles. The number of rotatable bonds is 6. The number of carbonyl (C=O) groups is 2. The molecule has 0 saturated carbocycles. The highest BCUT2D eigenvalue weighted by molar-refractivity contribution is 6.33. The smallest absolute Gasteiger partial charge is 0.246 e. The van der Waals surface area contributed by atoms with Crippen molar-refractivity contribution in [2.24, 2.45) is 0 Å². The number of hydrogen-bond acceptors (Lipinski definition) is 4. The van der Waals surface area contributed by atoms with Crippen LogP contribution in [0.25, 0.3) is 6.08 Å². The van der Waals surface area contributed by atoms with E-state index in [2.05, 4.69) is 5.32 Å². The van der Waals surface area contributed by atoms with Gasteiger partial charge in [0.25, 0.3) is 0 Å². The number of benzene rings is 2. The first-order valence-corrected chi connectivity index (χ1v) is 9.81. The van der Waals surface area contributed by atoms with E-state index in [1.165, 1.54) is 0 Å². The number of hydrogen-bond donors (Lipinski definition) is 1. The third-order valence-corrected chi connectivity index (χ3v) is 5.07. The molecule has 0 aliphatic carbocycles. The van der Waals surface area contributed by atoms with Gasteiger partial charge in [-0.25, -0.2) is 0 Å².